The monoisotopic (exact) mass is 294 g/mol. The molecule has 0 bridgehead atoms. The van der Waals surface area contributed by atoms with Crippen LogP contribution >= 0.6 is 7.60 Å². The van der Waals surface area contributed by atoms with Gasteiger partial charge in [0.2, 0.25) is 5.91 Å². The van der Waals surface area contributed by atoms with Gasteiger partial charge in [-0.25, -0.2) is 5.32 Å². The summed E-state index contributed by atoms with van der Waals surface area (Å²) in [7, 11) is -5.72. The minimum atomic E-state index is -5.72. The van der Waals surface area contributed by atoms with Crippen molar-refractivity contribution in [2.75, 3.05) is 0 Å². The van der Waals surface area contributed by atoms with Crippen LogP contribution < -0.4 is 11.1 Å². The Morgan fingerprint density at radius 1 is 1.37 bits per heavy atom. The lowest BCUT2D eigenvalue weighted by Gasteiger charge is -2.23. The molecule has 1 rings (SSSR count). The van der Waals surface area contributed by atoms with Gasteiger partial charge in [0.25, 0.3) is 0 Å². The lowest BCUT2D eigenvalue weighted by Crippen LogP contribution is -2.51. The summed E-state index contributed by atoms with van der Waals surface area (Å²) in [6.07, 6.45) is -0.203. The average Bonchev–Trinajstić information content (AvgIpc) is 2.27. The molecule has 6 nitrogen and oxygen atoms in total. The summed E-state index contributed by atoms with van der Waals surface area (Å²) in [5, 5.41) is 1.31. The van der Waals surface area contributed by atoms with Crippen molar-refractivity contribution < 1.29 is 27.9 Å². The van der Waals surface area contributed by atoms with E-state index in [-0.39, 0.29) is 6.42 Å². The minimum absolute atomic E-state index is 0.203. The van der Waals surface area contributed by atoms with Crippen molar-refractivity contribution in [2.24, 2.45) is 5.73 Å². The number of nitrogens with two attached hydrogens (primary N) is 1. The van der Waals surface area contributed by atoms with E-state index in [4.69, 9.17) is 15.5 Å². The van der Waals surface area contributed by atoms with Crippen LogP contribution in [0, 0.1) is 0 Å². The van der Waals surface area contributed by atoms with Crippen molar-refractivity contribution in [2.45, 2.75) is 18.3 Å². The van der Waals surface area contributed by atoms with E-state index in [2.05, 4.69) is 0 Å². The van der Waals surface area contributed by atoms with E-state index in [9.17, 15) is 18.1 Å². The third-order valence-corrected chi connectivity index (χ3v) is 3.20. The molecule has 0 aliphatic rings. The van der Waals surface area contributed by atoms with Gasteiger partial charge in [0, 0.05) is 0 Å². The molecule has 1 amide bonds. The second-order valence-corrected chi connectivity index (χ2v) is 5.52. The van der Waals surface area contributed by atoms with Crippen molar-refractivity contribution >= 4 is 13.5 Å². The first-order valence-electron chi connectivity index (χ1n) is 5.18. The molecular weight excluding hydrogens is 281 g/mol. The van der Waals surface area contributed by atoms with Gasteiger partial charge in [0.05, 0.1) is 6.04 Å². The molecule has 0 radical (unpaired) electrons. The number of amides is 1. The maximum absolute atomic E-state index is 13.2. The fraction of sp³-hybridized carbons (Fsp3) is 0.300. The van der Waals surface area contributed by atoms with Crippen molar-refractivity contribution in [3.63, 3.8) is 0 Å². The molecule has 1 aromatic rings. The Bertz CT molecular complexity index is 492. The van der Waals surface area contributed by atoms with Gasteiger partial charge in [-0.3, -0.25) is 9.36 Å². The van der Waals surface area contributed by atoms with Crippen LogP contribution in [0.25, 0.3) is 0 Å². The zero-order valence-corrected chi connectivity index (χ0v) is 10.6. The van der Waals surface area contributed by atoms with Gasteiger partial charge in [-0.05, 0) is 12.0 Å². The number of halogens is 2. The first kappa shape index (κ1) is 15.7. The zero-order valence-electron chi connectivity index (χ0n) is 9.66. The summed E-state index contributed by atoms with van der Waals surface area (Å²) in [6, 6.07) is 6.52. The number of primary amides is 1. The second-order valence-electron chi connectivity index (χ2n) is 3.87. The van der Waals surface area contributed by atoms with E-state index in [1.807, 2.05) is 0 Å². The van der Waals surface area contributed by atoms with E-state index < -0.39 is 25.3 Å². The Balaban J connectivity index is 2.86. The summed E-state index contributed by atoms with van der Waals surface area (Å²) in [4.78, 5) is 28.1. The number of hydrogen-bond acceptors (Lipinski definition) is 3. The largest absolute Gasteiger partial charge is 0.410 e. The van der Waals surface area contributed by atoms with Crippen LogP contribution in [0.15, 0.2) is 30.3 Å². The predicted molar refractivity (Wildman–Crippen MR) is 63.3 cm³/mol. The van der Waals surface area contributed by atoms with E-state index >= 15 is 0 Å². The Hall–Kier alpha value is -1.34. The van der Waals surface area contributed by atoms with Gasteiger partial charge in [-0.2, -0.15) is 8.78 Å². The number of nitrogens with one attached hydrogen (secondary N) is 1. The maximum Gasteiger partial charge on any atom is 0.410 e. The normalized spacial score (nSPS) is 14.1. The second kappa shape index (κ2) is 5.75. The molecule has 0 heterocycles. The molecule has 106 valence electrons. The van der Waals surface area contributed by atoms with Crippen LogP contribution in [0.4, 0.5) is 8.78 Å². The highest BCUT2D eigenvalue weighted by Crippen LogP contribution is 2.51. The first-order chi connectivity index (χ1) is 8.63. The van der Waals surface area contributed by atoms with Gasteiger partial charge in [0.1, 0.15) is 0 Å². The van der Waals surface area contributed by atoms with Crippen molar-refractivity contribution in [1.29, 1.82) is 0 Å². The standard InChI is InChI=1S/C10H13F2N2O4P/c11-10(12,19(16,17)18)14-8(9(13)15)6-7-4-2-1-3-5-7/h1-5,8,14H,6H2,(H2,13,15)(H2,16,17,18)/t8-/m0/s1. The van der Waals surface area contributed by atoms with Gasteiger partial charge in [0.15, 0.2) is 0 Å². The summed E-state index contributed by atoms with van der Waals surface area (Å²) < 4.78 is 36.9. The average molecular weight is 294 g/mol. The molecule has 0 spiro atoms. The predicted octanol–water partition coefficient (Wildman–Crippen LogP) is 0.401. The van der Waals surface area contributed by atoms with E-state index in [1.165, 1.54) is 5.32 Å². The highest BCUT2D eigenvalue weighted by Gasteiger charge is 2.50. The molecule has 5 N–H and O–H groups in total. The van der Waals surface area contributed by atoms with E-state index in [1.54, 1.807) is 30.3 Å². The smallest absolute Gasteiger partial charge is 0.368 e. The number of rotatable bonds is 6. The first-order valence-corrected chi connectivity index (χ1v) is 6.79. The lowest BCUT2D eigenvalue weighted by atomic mass is 10.1. The van der Waals surface area contributed by atoms with Gasteiger partial charge >= 0.3 is 13.4 Å². The molecule has 0 unspecified atom stereocenters. The summed E-state index contributed by atoms with van der Waals surface area (Å²) in [5.41, 5.74) is 5.48. The zero-order chi connectivity index (χ0) is 14.7. The molecule has 0 aliphatic heterocycles. The van der Waals surface area contributed by atoms with Crippen LogP contribution in [0.1, 0.15) is 5.56 Å². The number of alkyl halides is 2. The van der Waals surface area contributed by atoms with E-state index in [0.29, 0.717) is 5.56 Å². The van der Waals surface area contributed by atoms with Crippen molar-refractivity contribution in [1.82, 2.24) is 5.32 Å². The molecule has 0 aromatic heterocycles. The summed E-state index contributed by atoms with van der Waals surface area (Å²) in [6.45, 7) is 0. The SMILES string of the molecule is NC(=O)[C@H](Cc1ccccc1)NC(F)(F)P(=O)(O)O. The van der Waals surface area contributed by atoms with Crippen LogP contribution in [0.5, 0.6) is 0 Å². The molecule has 0 fully saturated rings. The Kier molecular flexibility index (Phi) is 4.75. The third kappa shape index (κ3) is 4.36. The molecular formula is C10H13F2N2O4P. The highest BCUT2D eigenvalue weighted by atomic mass is 31.2. The number of hydrogen-bond donors (Lipinski definition) is 4. The quantitative estimate of drug-likeness (QED) is 0.448. The topological polar surface area (TPSA) is 113 Å². The van der Waals surface area contributed by atoms with Gasteiger partial charge in [-0.1, -0.05) is 30.3 Å². The number of benzene rings is 1. The molecule has 0 saturated carbocycles. The molecule has 0 saturated heterocycles. The molecule has 19 heavy (non-hydrogen) atoms. The lowest BCUT2D eigenvalue weighted by molar-refractivity contribution is -0.122. The fourth-order valence-corrected chi connectivity index (χ4v) is 1.69. The molecule has 0 aliphatic carbocycles. The van der Waals surface area contributed by atoms with Crippen LogP contribution in [0.2, 0.25) is 0 Å². The molecule has 1 aromatic carbocycles. The highest BCUT2D eigenvalue weighted by molar-refractivity contribution is 7.53. The summed E-state index contributed by atoms with van der Waals surface area (Å²) >= 11 is 0. The Morgan fingerprint density at radius 3 is 2.32 bits per heavy atom. The van der Waals surface area contributed by atoms with Gasteiger partial charge < -0.3 is 15.5 Å². The van der Waals surface area contributed by atoms with Crippen molar-refractivity contribution in [3.8, 4) is 0 Å². The van der Waals surface area contributed by atoms with Crippen LogP contribution in [-0.2, 0) is 15.8 Å². The molecule has 9 heteroatoms. The fourth-order valence-electron chi connectivity index (χ4n) is 1.37. The van der Waals surface area contributed by atoms with Crippen molar-refractivity contribution in [3.05, 3.63) is 35.9 Å². The Labute approximate surface area is 107 Å². The minimum Gasteiger partial charge on any atom is -0.368 e. The van der Waals surface area contributed by atoms with Gasteiger partial charge in [-0.15, -0.1) is 0 Å². The third-order valence-electron chi connectivity index (χ3n) is 2.34. The van der Waals surface area contributed by atoms with E-state index in [0.717, 1.165) is 0 Å². The number of carbonyl (C=O) groups excluding carboxylic acids is 1. The van der Waals surface area contributed by atoms with Crippen LogP contribution in [0.3, 0.4) is 0 Å². The van der Waals surface area contributed by atoms with Crippen LogP contribution in [-0.4, -0.2) is 27.5 Å². The molecule has 1 atom stereocenters. The summed E-state index contributed by atoms with van der Waals surface area (Å²) in [5.74, 6) is -5.64. The maximum atomic E-state index is 13.2. The number of carbonyl (C=O) groups is 1. The Morgan fingerprint density at radius 2 is 1.89 bits per heavy atom.